The molecule has 0 aliphatic rings. The van der Waals surface area contributed by atoms with Gasteiger partial charge in [-0.15, -0.1) is 11.3 Å². The molecule has 17 heavy (non-hydrogen) atoms. The highest BCUT2D eigenvalue weighted by Crippen LogP contribution is 2.29. The summed E-state index contributed by atoms with van der Waals surface area (Å²) in [6, 6.07) is 10.3. The van der Waals surface area contributed by atoms with E-state index in [2.05, 4.69) is 23.2 Å². The number of aromatic nitrogens is 1. The van der Waals surface area contributed by atoms with Gasteiger partial charge >= 0.3 is 0 Å². The minimum absolute atomic E-state index is 0.726. The van der Waals surface area contributed by atoms with Crippen molar-refractivity contribution >= 4 is 17.4 Å². The van der Waals surface area contributed by atoms with Gasteiger partial charge in [0.2, 0.25) is 0 Å². The van der Waals surface area contributed by atoms with Gasteiger partial charge in [-0.2, -0.15) is 5.26 Å². The van der Waals surface area contributed by atoms with Crippen LogP contribution in [0, 0.1) is 18.3 Å². The summed E-state index contributed by atoms with van der Waals surface area (Å²) in [5.41, 5.74) is 2.92. The summed E-state index contributed by atoms with van der Waals surface area (Å²) in [4.78, 5) is 6.49. The highest BCUT2D eigenvalue weighted by Gasteiger charge is 2.02. The van der Waals surface area contributed by atoms with Crippen LogP contribution in [0.5, 0.6) is 0 Å². The van der Waals surface area contributed by atoms with Crippen LogP contribution in [0.2, 0.25) is 0 Å². The Morgan fingerprint density at radius 3 is 2.94 bits per heavy atom. The van der Waals surface area contributed by atoms with Gasteiger partial charge in [0.25, 0.3) is 0 Å². The lowest BCUT2D eigenvalue weighted by Crippen LogP contribution is -1.79. The van der Waals surface area contributed by atoms with Crippen molar-refractivity contribution in [3.05, 3.63) is 46.6 Å². The molecule has 0 aliphatic heterocycles. The summed E-state index contributed by atoms with van der Waals surface area (Å²) < 4.78 is 0. The molecule has 2 nitrogen and oxygen atoms in total. The normalized spacial score (nSPS) is 11.2. The molecule has 2 aromatic rings. The van der Waals surface area contributed by atoms with E-state index in [0.29, 0.717) is 0 Å². The lowest BCUT2D eigenvalue weighted by Gasteiger charge is -1.97. The van der Waals surface area contributed by atoms with Crippen LogP contribution in [-0.2, 0) is 0 Å². The molecule has 84 valence electrons. The van der Waals surface area contributed by atoms with Crippen LogP contribution in [0.15, 0.2) is 36.0 Å². The predicted octanol–water partition coefficient (Wildman–Crippen LogP) is 4.05. The van der Waals surface area contributed by atoms with Gasteiger partial charge in [-0.25, -0.2) is 0 Å². The molecular formula is C14H12N2S. The topological polar surface area (TPSA) is 36.7 Å². The minimum atomic E-state index is 0.726. The van der Waals surface area contributed by atoms with Crippen molar-refractivity contribution in [2.24, 2.45) is 0 Å². The van der Waals surface area contributed by atoms with Gasteiger partial charge in [0, 0.05) is 27.2 Å². The monoisotopic (exact) mass is 240 g/mol. The molecule has 0 spiro atoms. The molecule has 0 amide bonds. The lowest BCUT2D eigenvalue weighted by atomic mass is 10.2. The summed E-state index contributed by atoms with van der Waals surface area (Å²) in [6.07, 6.45) is 3.72. The van der Waals surface area contributed by atoms with Crippen molar-refractivity contribution in [3.63, 3.8) is 0 Å². The Bertz CT molecular complexity index is 603. The Kier molecular flexibility index (Phi) is 3.36. The third-order valence-electron chi connectivity index (χ3n) is 2.34. The van der Waals surface area contributed by atoms with E-state index in [0.717, 1.165) is 16.1 Å². The molecule has 0 aromatic carbocycles. The van der Waals surface area contributed by atoms with E-state index in [1.165, 1.54) is 10.4 Å². The number of hydrogen-bond donors (Lipinski definition) is 0. The van der Waals surface area contributed by atoms with E-state index in [-0.39, 0.29) is 0 Å². The average Bonchev–Trinajstić information content (AvgIpc) is 2.77. The molecule has 2 heterocycles. The smallest absolute Gasteiger partial charge is 0.0944 e. The molecule has 2 aromatic heterocycles. The summed E-state index contributed by atoms with van der Waals surface area (Å²) in [5.74, 6) is 0. The zero-order chi connectivity index (χ0) is 12.3. The molecule has 2 rings (SSSR count). The molecule has 0 aliphatic carbocycles. The molecule has 0 saturated heterocycles. The van der Waals surface area contributed by atoms with E-state index in [1.807, 2.05) is 38.3 Å². The fourth-order valence-corrected chi connectivity index (χ4v) is 2.54. The summed E-state index contributed by atoms with van der Waals surface area (Å²) >= 11 is 1.68. The third-order valence-corrected chi connectivity index (χ3v) is 3.42. The Labute approximate surface area is 105 Å². The first-order valence-electron chi connectivity index (χ1n) is 5.30. The molecule has 3 heteroatoms. The van der Waals surface area contributed by atoms with Gasteiger partial charge in [-0.1, -0.05) is 0 Å². The Hall–Kier alpha value is -1.92. The van der Waals surface area contributed by atoms with Crippen LogP contribution >= 0.6 is 11.3 Å². The third kappa shape index (κ3) is 2.80. The first-order valence-corrected chi connectivity index (χ1v) is 6.12. The van der Waals surface area contributed by atoms with Crippen LogP contribution in [0.1, 0.15) is 17.5 Å². The maximum Gasteiger partial charge on any atom is 0.0944 e. The van der Waals surface area contributed by atoms with Gasteiger partial charge in [-0.3, -0.25) is 4.98 Å². The lowest BCUT2D eigenvalue weighted by molar-refractivity contribution is 1.20. The molecule has 0 N–H and O–H groups in total. The second kappa shape index (κ2) is 4.94. The van der Waals surface area contributed by atoms with Gasteiger partial charge < -0.3 is 0 Å². The van der Waals surface area contributed by atoms with Gasteiger partial charge in [0.1, 0.15) is 0 Å². The maximum absolute atomic E-state index is 8.73. The average molecular weight is 240 g/mol. The van der Waals surface area contributed by atoms with E-state index >= 15 is 0 Å². The van der Waals surface area contributed by atoms with E-state index in [9.17, 15) is 0 Å². The number of pyridine rings is 1. The standard InChI is InChI=1S/C14H12N2S/c1-10(9-15)7-13-3-4-14(17-13)12-5-6-16-11(2)8-12/h3-8H,1-2H3/b10-7-. The van der Waals surface area contributed by atoms with Crippen molar-refractivity contribution in [3.8, 4) is 16.5 Å². The number of hydrogen-bond acceptors (Lipinski definition) is 3. The van der Waals surface area contributed by atoms with E-state index < -0.39 is 0 Å². The second-order valence-electron chi connectivity index (χ2n) is 3.83. The Balaban J connectivity index is 2.34. The predicted molar refractivity (Wildman–Crippen MR) is 71.6 cm³/mol. The first kappa shape index (κ1) is 11.6. The quantitative estimate of drug-likeness (QED) is 0.743. The molecule has 0 unspecified atom stereocenters. The van der Waals surface area contributed by atoms with Gasteiger partial charge in [-0.05, 0) is 49.8 Å². The number of nitriles is 1. The van der Waals surface area contributed by atoms with Crippen LogP contribution in [0.25, 0.3) is 16.5 Å². The molecule has 0 saturated carbocycles. The van der Waals surface area contributed by atoms with Crippen molar-refractivity contribution in [2.45, 2.75) is 13.8 Å². The van der Waals surface area contributed by atoms with Crippen molar-refractivity contribution in [1.29, 1.82) is 5.26 Å². The van der Waals surface area contributed by atoms with Crippen LogP contribution in [0.4, 0.5) is 0 Å². The number of allylic oxidation sites excluding steroid dienone is 1. The molecule has 0 fully saturated rings. The fourth-order valence-electron chi connectivity index (χ4n) is 1.53. The zero-order valence-corrected chi connectivity index (χ0v) is 10.6. The van der Waals surface area contributed by atoms with Crippen LogP contribution in [-0.4, -0.2) is 4.98 Å². The Morgan fingerprint density at radius 2 is 2.24 bits per heavy atom. The maximum atomic E-state index is 8.73. The first-order chi connectivity index (χ1) is 8.19. The fraction of sp³-hybridized carbons (Fsp3) is 0.143. The zero-order valence-electron chi connectivity index (χ0n) is 9.77. The van der Waals surface area contributed by atoms with Crippen molar-refractivity contribution in [1.82, 2.24) is 4.98 Å². The number of nitrogens with zero attached hydrogens (tertiary/aromatic N) is 2. The van der Waals surface area contributed by atoms with Crippen molar-refractivity contribution in [2.75, 3.05) is 0 Å². The number of rotatable bonds is 2. The molecule has 0 radical (unpaired) electrons. The molecular weight excluding hydrogens is 228 g/mol. The highest BCUT2D eigenvalue weighted by molar-refractivity contribution is 7.16. The van der Waals surface area contributed by atoms with E-state index in [1.54, 1.807) is 11.3 Å². The SMILES string of the molecule is C/C(C#N)=C/c1ccc(-c2ccnc(C)c2)s1. The number of aryl methyl sites for hydroxylation is 1. The van der Waals surface area contributed by atoms with E-state index in [4.69, 9.17) is 5.26 Å². The summed E-state index contributed by atoms with van der Waals surface area (Å²) in [6.45, 7) is 3.80. The molecule has 0 atom stereocenters. The largest absolute Gasteiger partial charge is 0.262 e. The second-order valence-corrected chi connectivity index (χ2v) is 4.94. The number of thiophene rings is 1. The van der Waals surface area contributed by atoms with Crippen LogP contribution < -0.4 is 0 Å². The van der Waals surface area contributed by atoms with Crippen LogP contribution in [0.3, 0.4) is 0 Å². The van der Waals surface area contributed by atoms with Gasteiger partial charge in [0.05, 0.1) is 6.07 Å². The molecule has 0 bridgehead atoms. The minimum Gasteiger partial charge on any atom is -0.262 e. The Morgan fingerprint density at radius 1 is 1.41 bits per heavy atom. The van der Waals surface area contributed by atoms with Crippen molar-refractivity contribution < 1.29 is 0 Å². The summed E-state index contributed by atoms with van der Waals surface area (Å²) in [7, 11) is 0. The summed E-state index contributed by atoms with van der Waals surface area (Å²) in [5, 5.41) is 8.73. The highest BCUT2D eigenvalue weighted by atomic mass is 32.1. The van der Waals surface area contributed by atoms with Gasteiger partial charge in [0.15, 0.2) is 0 Å².